The van der Waals surface area contributed by atoms with Gasteiger partial charge < -0.3 is 9.88 Å². The van der Waals surface area contributed by atoms with Crippen LogP contribution in [0.2, 0.25) is 5.02 Å². The average Bonchev–Trinajstić information content (AvgIpc) is 3.24. The third-order valence-corrected chi connectivity index (χ3v) is 6.76. The van der Waals surface area contributed by atoms with Crippen molar-refractivity contribution < 1.29 is 31.9 Å². The summed E-state index contributed by atoms with van der Waals surface area (Å²) in [6, 6.07) is 10.1. The molecule has 0 unspecified atom stereocenters. The molecule has 1 fully saturated rings. The van der Waals surface area contributed by atoms with Gasteiger partial charge in [0.05, 0.1) is 15.5 Å². The standard InChI is InChI=1S/C25H18ClF4N3O3S/c1-13-8-15(14(2)33(13)18-5-3-4-16(10-18)25(28,29)30)9-21-23(35)32(24(36)37-21)12-22(34)31-17-6-7-20(27)19(26)11-17/h3-11H,12H2,1-2H3,(H,31,34)/b21-9-. The first-order valence-electron chi connectivity index (χ1n) is 10.7. The molecule has 192 valence electrons. The number of nitrogens with one attached hydrogen (secondary N) is 1. The third kappa shape index (κ3) is 5.57. The molecule has 1 aromatic heterocycles. The minimum absolute atomic E-state index is 0.0620. The maximum atomic E-state index is 13.3. The highest BCUT2D eigenvalue weighted by Crippen LogP contribution is 2.35. The van der Waals surface area contributed by atoms with E-state index in [2.05, 4.69) is 5.32 Å². The number of carbonyl (C=O) groups is 3. The zero-order chi connectivity index (χ0) is 27.1. The van der Waals surface area contributed by atoms with Gasteiger partial charge in [-0.1, -0.05) is 17.7 Å². The number of hydrogen-bond donors (Lipinski definition) is 1. The molecule has 1 saturated heterocycles. The van der Waals surface area contributed by atoms with Crippen LogP contribution < -0.4 is 5.32 Å². The maximum absolute atomic E-state index is 13.3. The van der Waals surface area contributed by atoms with E-state index in [0.717, 1.165) is 23.1 Å². The largest absolute Gasteiger partial charge is 0.416 e. The molecule has 0 atom stereocenters. The van der Waals surface area contributed by atoms with Crippen molar-refractivity contribution in [2.75, 3.05) is 11.9 Å². The number of carbonyl (C=O) groups excluding carboxylic acids is 3. The number of aromatic nitrogens is 1. The van der Waals surface area contributed by atoms with Gasteiger partial charge in [0, 0.05) is 22.8 Å². The fourth-order valence-corrected chi connectivity index (χ4v) is 4.86. The van der Waals surface area contributed by atoms with Crippen molar-refractivity contribution in [2.24, 2.45) is 0 Å². The minimum Gasteiger partial charge on any atom is -0.324 e. The van der Waals surface area contributed by atoms with E-state index in [1.807, 2.05) is 0 Å². The van der Waals surface area contributed by atoms with Gasteiger partial charge in [0.15, 0.2) is 0 Å². The lowest BCUT2D eigenvalue weighted by atomic mass is 10.2. The zero-order valence-corrected chi connectivity index (χ0v) is 20.9. The monoisotopic (exact) mass is 551 g/mol. The number of rotatable bonds is 5. The SMILES string of the molecule is Cc1cc(/C=C2\SC(=O)N(CC(=O)Nc3ccc(F)c(Cl)c3)C2=O)c(C)n1-c1cccc(C(F)(F)F)c1. The van der Waals surface area contributed by atoms with Gasteiger partial charge in [0.1, 0.15) is 12.4 Å². The number of thioether (sulfide) groups is 1. The Morgan fingerprint density at radius 2 is 1.84 bits per heavy atom. The molecule has 0 aliphatic carbocycles. The summed E-state index contributed by atoms with van der Waals surface area (Å²) in [5.74, 6) is -2.04. The highest BCUT2D eigenvalue weighted by Gasteiger charge is 2.36. The van der Waals surface area contributed by atoms with Gasteiger partial charge in [0.2, 0.25) is 5.91 Å². The van der Waals surface area contributed by atoms with Crippen LogP contribution in [0, 0.1) is 19.7 Å². The molecule has 3 amide bonds. The molecule has 2 aromatic carbocycles. The van der Waals surface area contributed by atoms with E-state index in [1.165, 1.54) is 24.3 Å². The lowest BCUT2D eigenvalue weighted by Gasteiger charge is -2.13. The molecule has 6 nitrogen and oxygen atoms in total. The molecule has 37 heavy (non-hydrogen) atoms. The minimum atomic E-state index is -4.50. The van der Waals surface area contributed by atoms with Crippen LogP contribution in [-0.4, -0.2) is 33.1 Å². The summed E-state index contributed by atoms with van der Waals surface area (Å²) in [4.78, 5) is 38.5. The number of anilines is 1. The molecule has 3 aromatic rings. The number of imide groups is 1. The van der Waals surface area contributed by atoms with Gasteiger partial charge in [-0.2, -0.15) is 13.2 Å². The molecule has 0 saturated carbocycles. The van der Waals surface area contributed by atoms with Crippen LogP contribution >= 0.6 is 23.4 Å². The summed E-state index contributed by atoms with van der Waals surface area (Å²) in [6.45, 7) is 2.83. The summed E-state index contributed by atoms with van der Waals surface area (Å²) in [7, 11) is 0. The predicted octanol–water partition coefficient (Wildman–Crippen LogP) is 6.58. The van der Waals surface area contributed by atoms with E-state index in [4.69, 9.17) is 11.6 Å². The molecule has 1 N–H and O–H groups in total. The van der Waals surface area contributed by atoms with E-state index >= 15 is 0 Å². The Labute approximate surface area is 217 Å². The quantitative estimate of drug-likeness (QED) is 0.287. The van der Waals surface area contributed by atoms with Gasteiger partial charge in [-0.3, -0.25) is 19.3 Å². The summed E-state index contributed by atoms with van der Waals surface area (Å²) < 4.78 is 54.5. The lowest BCUT2D eigenvalue weighted by molar-refractivity contribution is -0.137. The molecule has 1 aliphatic rings. The predicted molar refractivity (Wildman–Crippen MR) is 133 cm³/mol. The van der Waals surface area contributed by atoms with Crippen molar-refractivity contribution in [3.63, 3.8) is 0 Å². The zero-order valence-electron chi connectivity index (χ0n) is 19.3. The van der Waals surface area contributed by atoms with Crippen LogP contribution in [0.25, 0.3) is 11.8 Å². The smallest absolute Gasteiger partial charge is 0.324 e. The second-order valence-electron chi connectivity index (χ2n) is 8.15. The topological polar surface area (TPSA) is 71.4 Å². The molecule has 4 rings (SSSR count). The van der Waals surface area contributed by atoms with Gasteiger partial charge in [-0.25, -0.2) is 4.39 Å². The lowest BCUT2D eigenvalue weighted by Crippen LogP contribution is -2.36. The highest BCUT2D eigenvalue weighted by molar-refractivity contribution is 8.18. The van der Waals surface area contributed by atoms with E-state index < -0.39 is 41.2 Å². The first-order valence-corrected chi connectivity index (χ1v) is 11.9. The van der Waals surface area contributed by atoms with E-state index in [-0.39, 0.29) is 15.6 Å². The van der Waals surface area contributed by atoms with Crippen molar-refractivity contribution in [1.82, 2.24) is 9.47 Å². The van der Waals surface area contributed by atoms with Crippen LogP contribution in [0.3, 0.4) is 0 Å². The first-order chi connectivity index (χ1) is 17.3. The number of nitrogens with zero attached hydrogens (tertiary/aromatic N) is 2. The molecule has 1 aliphatic heterocycles. The van der Waals surface area contributed by atoms with Crippen LogP contribution in [0.1, 0.15) is 22.5 Å². The molecule has 0 radical (unpaired) electrons. The fraction of sp³-hybridized carbons (Fsp3) is 0.160. The first kappa shape index (κ1) is 26.5. The Hall–Kier alpha value is -3.57. The number of halogens is 5. The Morgan fingerprint density at radius 1 is 1.11 bits per heavy atom. The molecule has 2 heterocycles. The van der Waals surface area contributed by atoms with E-state index in [1.54, 1.807) is 30.5 Å². The van der Waals surface area contributed by atoms with Gasteiger partial charge in [-0.05, 0) is 79.7 Å². The summed E-state index contributed by atoms with van der Waals surface area (Å²) in [5, 5.41) is 1.59. The summed E-state index contributed by atoms with van der Waals surface area (Å²) in [5.41, 5.74) is 1.43. The number of aryl methyl sites for hydroxylation is 1. The van der Waals surface area contributed by atoms with E-state index in [9.17, 15) is 31.9 Å². The van der Waals surface area contributed by atoms with Crippen molar-refractivity contribution in [1.29, 1.82) is 0 Å². The molecule has 0 bridgehead atoms. The Bertz CT molecular complexity index is 1470. The second-order valence-corrected chi connectivity index (χ2v) is 9.56. The Balaban J connectivity index is 1.54. The van der Waals surface area contributed by atoms with Gasteiger partial charge in [-0.15, -0.1) is 0 Å². The molecular formula is C25H18ClF4N3O3S. The Morgan fingerprint density at radius 3 is 2.51 bits per heavy atom. The maximum Gasteiger partial charge on any atom is 0.416 e. The molecule has 0 spiro atoms. The van der Waals surface area contributed by atoms with Crippen molar-refractivity contribution >= 4 is 52.2 Å². The van der Waals surface area contributed by atoms with Crippen LogP contribution in [0.4, 0.5) is 28.0 Å². The molecule has 12 heteroatoms. The fourth-order valence-electron chi connectivity index (χ4n) is 3.85. The number of alkyl halides is 3. The molecular weight excluding hydrogens is 534 g/mol. The average molecular weight is 552 g/mol. The summed E-state index contributed by atoms with van der Waals surface area (Å²) in [6.07, 6.45) is -3.03. The number of amides is 3. The van der Waals surface area contributed by atoms with Crippen molar-refractivity contribution in [3.8, 4) is 5.69 Å². The van der Waals surface area contributed by atoms with Gasteiger partial charge >= 0.3 is 6.18 Å². The second kappa shape index (κ2) is 10.1. The summed E-state index contributed by atoms with van der Waals surface area (Å²) >= 11 is 6.34. The highest BCUT2D eigenvalue weighted by atomic mass is 35.5. The van der Waals surface area contributed by atoms with Crippen LogP contribution in [0.15, 0.2) is 53.4 Å². The number of benzene rings is 2. The van der Waals surface area contributed by atoms with Gasteiger partial charge in [0.25, 0.3) is 11.1 Å². The van der Waals surface area contributed by atoms with Crippen LogP contribution in [0.5, 0.6) is 0 Å². The van der Waals surface area contributed by atoms with Crippen molar-refractivity contribution in [2.45, 2.75) is 20.0 Å². The Kier molecular flexibility index (Phi) is 7.20. The van der Waals surface area contributed by atoms with E-state index in [0.29, 0.717) is 34.4 Å². The third-order valence-electron chi connectivity index (χ3n) is 5.57. The normalized spacial score (nSPS) is 15.1. The van der Waals surface area contributed by atoms with Crippen molar-refractivity contribution in [3.05, 3.63) is 86.8 Å². The van der Waals surface area contributed by atoms with Crippen LogP contribution in [-0.2, 0) is 15.8 Å². The number of hydrogen-bond acceptors (Lipinski definition) is 4.